The molecule has 1 amide bonds. The van der Waals surface area contributed by atoms with Gasteiger partial charge >= 0.3 is 0 Å². The number of aromatic nitrogens is 2. The van der Waals surface area contributed by atoms with Crippen LogP contribution in [0.3, 0.4) is 0 Å². The number of hydrogen-bond donors (Lipinski definition) is 0. The molecule has 0 radical (unpaired) electrons. The number of piperidine rings is 1. The fourth-order valence-corrected chi connectivity index (χ4v) is 4.14. The second-order valence-electron chi connectivity index (χ2n) is 6.96. The number of furan rings is 1. The summed E-state index contributed by atoms with van der Waals surface area (Å²) in [6.07, 6.45) is 2.55. The van der Waals surface area contributed by atoms with Gasteiger partial charge in [0.15, 0.2) is 11.5 Å². The molecule has 3 aromatic rings. The number of likely N-dealkylation sites (tertiary alicyclic amines) is 1. The highest BCUT2D eigenvalue weighted by Crippen LogP contribution is 2.35. The van der Waals surface area contributed by atoms with Gasteiger partial charge in [0.1, 0.15) is 0 Å². The second-order valence-corrected chi connectivity index (χ2v) is 6.96. The summed E-state index contributed by atoms with van der Waals surface area (Å²) in [4.78, 5) is 26.8. The summed E-state index contributed by atoms with van der Waals surface area (Å²) in [6.45, 7) is 1.87. The number of rotatable bonds is 2. The van der Waals surface area contributed by atoms with Crippen LogP contribution in [0.1, 0.15) is 28.5 Å². The molecule has 5 rings (SSSR count). The van der Waals surface area contributed by atoms with Crippen molar-refractivity contribution in [1.29, 1.82) is 0 Å². The molecule has 5 heterocycles. The molecule has 3 aromatic heterocycles. The van der Waals surface area contributed by atoms with Crippen molar-refractivity contribution in [2.75, 3.05) is 13.1 Å². The molecule has 132 valence electrons. The predicted molar refractivity (Wildman–Crippen MR) is 91.7 cm³/mol. The van der Waals surface area contributed by atoms with Gasteiger partial charge in [0.2, 0.25) is 5.76 Å². The first-order valence-corrected chi connectivity index (χ1v) is 8.68. The first-order valence-electron chi connectivity index (χ1n) is 8.68. The van der Waals surface area contributed by atoms with Gasteiger partial charge in [-0.15, -0.1) is 0 Å². The van der Waals surface area contributed by atoms with Crippen molar-refractivity contribution in [3.05, 3.63) is 64.4 Å². The molecule has 1 fully saturated rings. The van der Waals surface area contributed by atoms with Crippen LogP contribution < -0.4 is 5.56 Å². The predicted octanol–water partition coefficient (Wildman–Crippen LogP) is 2.36. The number of nitrogens with zero attached hydrogens (tertiary/aromatic N) is 3. The summed E-state index contributed by atoms with van der Waals surface area (Å²) in [6, 6.07) is 10.5. The second kappa shape index (κ2) is 5.72. The molecular formula is C19H17N3O4. The molecule has 0 aromatic carbocycles. The molecule has 7 heteroatoms. The monoisotopic (exact) mass is 351 g/mol. The molecular weight excluding hydrogens is 334 g/mol. The molecule has 2 atom stereocenters. The van der Waals surface area contributed by atoms with Crippen molar-refractivity contribution in [3.63, 3.8) is 0 Å². The Kier molecular flexibility index (Phi) is 3.34. The van der Waals surface area contributed by atoms with E-state index < -0.39 is 0 Å². The first-order chi connectivity index (χ1) is 12.7. The molecule has 26 heavy (non-hydrogen) atoms. The molecule has 0 saturated carbocycles. The van der Waals surface area contributed by atoms with E-state index in [-0.39, 0.29) is 29.0 Å². The van der Waals surface area contributed by atoms with Gasteiger partial charge in [-0.3, -0.25) is 9.59 Å². The Labute approximate surface area is 148 Å². The number of carbonyl (C=O) groups is 1. The van der Waals surface area contributed by atoms with Gasteiger partial charge in [0.05, 0.1) is 6.26 Å². The summed E-state index contributed by atoms with van der Waals surface area (Å²) in [5, 5.41) is 3.92. The molecule has 0 aliphatic carbocycles. The van der Waals surface area contributed by atoms with Gasteiger partial charge in [0, 0.05) is 43.4 Å². The van der Waals surface area contributed by atoms with Gasteiger partial charge in [-0.05, 0) is 30.5 Å². The van der Waals surface area contributed by atoms with Crippen LogP contribution in [0.25, 0.3) is 11.5 Å². The molecule has 2 bridgehead atoms. The lowest BCUT2D eigenvalue weighted by Gasteiger charge is -2.42. The van der Waals surface area contributed by atoms with E-state index in [2.05, 4.69) is 5.16 Å². The number of fused-ring (bicyclic) bond motifs is 4. The number of amides is 1. The maximum absolute atomic E-state index is 12.9. The third kappa shape index (κ3) is 2.39. The van der Waals surface area contributed by atoms with Crippen molar-refractivity contribution in [2.24, 2.45) is 5.92 Å². The molecule has 0 spiro atoms. The van der Waals surface area contributed by atoms with Crippen molar-refractivity contribution >= 4 is 5.91 Å². The number of hydrogen-bond acceptors (Lipinski definition) is 5. The van der Waals surface area contributed by atoms with Gasteiger partial charge < -0.3 is 18.4 Å². The summed E-state index contributed by atoms with van der Waals surface area (Å²) in [5.74, 6) is 1.29. The largest absolute Gasteiger partial charge is 0.461 e. The summed E-state index contributed by atoms with van der Waals surface area (Å²) < 4.78 is 12.4. The van der Waals surface area contributed by atoms with Gasteiger partial charge in [-0.1, -0.05) is 11.2 Å². The van der Waals surface area contributed by atoms with Gasteiger partial charge in [0.25, 0.3) is 11.5 Å². The van der Waals surface area contributed by atoms with Crippen LogP contribution in [0.5, 0.6) is 0 Å². The van der Waals surface area contributed by atoms with Crippen molar-refractivity contribution in [1.82, 2.24) is 14.6 Å². The fourth-order valence-electron chi connectivity index (χ4n) is 4.14. The maximum atomic E-state index is 12.9. The summed E-state index contributed by atoms with van der Waals surface area (Å²) in [7, 11) is 0. The minimum Gasteiger partial charge on any atom is -0.461 e. The van der Waals surface area contributed by atoms with Crippen molar-refractivity contribution in [2.45, 2.75) is 18.9 Å². The first kappa shape index (κ1) is 15.2. The van der Waals surface area contributed by atoms with Crippen LogP contribution in [0.15, 0.2) is 56.4 Å². The Balaban J connectivity index is 1.41. The van der Waals surface area contributed by atoms with E-state index in [0.717, 1.165) is 12.1 Å². The molecule has 2 aliphatic heterocycles. The van der Waals surface area contributed by atoms with E-state index >= 15 is 0 Å². The maximum Gasteiger partial charge on any atom is 0.276 e. The fraction of sp³-hybridized carbons (Fsp3) is 0.316. The lowest BCUT2D eigenvalue weighted by Crippen LogP contribution is -2.49. The SMILES string of the molecule is O=C(c1cc(-c2ccco2)on1)N1C[C@H]2C[C@@H](C1)c1cccc(=O)n1C2. The molecule has 0 N–H and O–H groups in total. The van der Waals surface area contributed by atoms with Crippen LogP contribution in [0.2, 0.25) is 0 Å². The van der Waals surface area contributed by atoms with E-state index in [0.29, 0.717) is 31.2 Å². The lowest BCUT2D eigenvalue weighted by molar-refractivity contribution is 0.0584. The van der Waals surface area contributed by atoms with E-state index in [9.17, 15) is 9.59 Å². The van der Waals surface area contributed by atoms with Crippen molar-refractivity contribution < 1.29 is 13.7 Å². The Morgan fingerprint density at radius 1 is 1.12 bits per heavy atom. The smallest absolute Gasteiger partial charge is 0.276 e. The van der Waals surface area contributed by atoms with Gasteiger partial charge in [-0.25, -0.2) is 0 Å². The quantitative estimate of drug-likeness (QED) is 0.708. The Hall–Kier alpha value is -3.09. The number of pyridine rings is 1. The minimum absolute atomic E-state index is 0.0385. The average Bonchev–Trinajstić information content (AvgIpc) is 3.33. The third-order valence-electron chi connectivity index (χ3n) is 5.26. The summed E-state index contributed by atoms with van der Waals surface area (Å²) >= 11 is 0. The highest BCUT2D eigenvalue weighted by Gasteiger charge is 2.37. The van der Waals surface area contributed by atoms with E-state index in [1.165, 1.54) is 0 Å². The molecule has 1 saturated heterocycles. The Morgan fingerprint density at radius 3 is 2.88 bits per heavy atom. The molecule has 7 nitrogen and oxygen atoms in total. The normalized spacial score (nSPS) is 21.5. The van der Waals surface area contributed by atoms with Crippen LogP contribution >= 0.6 is 0 Å². The van der Waals surface area contributed by atoms with Crippen LogP contribution in [-0.2, 0) is 6.54 Å². The van der Waals surface area contributed by atoms with Crippen LogP contribution in [0.4, 0.5) is 0 Å². The van der Waals surface area contributed by atoms with Crippen LogP contribution in [0, 0.1) is 5.92 Å². The van der Waals surface area contributed by atoms with Gasteiger partial charge in [-0.2, -0.15) is 0 Å². The topological polar surface area (TPSA) is 81.5 Å². The minimum atomic E-state index is -0.145. The zero-order chi connectivity index (χ0) is 17.7. The molecule has 2 aliphatic rings. The number of carbonyl (C=O) groups excluding carboxylic acids is 1. The Bertz CT molecular complexity index is 1020. The highest BCUT2D eigenvalue weighted by molar-refractivity contribution is 5.93. The van der Waals surface area contributed by atoms with E-state index in [4.69, 9.17) is 8.94 Å². The highest BCUT2D eigenvalue weighted by atomic mass is 16.5. The summed E-state index contributed by atoms with van der Waals surface area (Å²) in [5.41, 5.74) is 1.33. The lowest BCUT2D eigenvalue weighted by atomic mass is 9.83. The standard InChI is InChI=1S/C19H17N3O4/c23-18-5-1-3-15-13-7-12(10-22(15)18)9-21(11-13)19(24)14-8-17(26-20-14)16-4-2-6-25-16/h1-6,8,12-13H,7,9-11H2/t12-,13+/m1/s1. The van der Waals surface area contributed by atoms with Crippen molar-refractivity contribution in [3.8, 4) is 11.5 Å². The average molecular weight is 351 g/mol. The third-order valence-corrected chi connectivity index (χ3v) is 5.26. The van der Waals surface area contributed by atoms with Crippen LogP contribution in [-0.4, -0.2) is 33.6 Å². The zero-order valence-corrected chi connectivity index (χ0v) is 14.0. The van der Waals surface area contributed by atoms with E-state index in [1.54, 1.807) is 36.6 Å². The van der Waals surface area contributed by atoms with E-state index in [1.807, 2.05) is 15.5 Å². The molecule has 0 unspecified atom stereocenters. The Morgan fingerprint density at radius 2 is 2.04 bits per heavy atom. The zero-order valence-electron chi connectivity index (χ0n) is 14.0.